The zero-order valence-electron chi connectivity index (χ0n) is 11.6. The SMILES string of the molecule is CCOC(=O)C(NC1CC1)c1ccc2ccccc2c1. The molecule has 0 aromatic heterocycles. The lowest BCUT2D eigenvalue weighted by Gasteiger charge is -2.18. The van der Waals surface area contributed by atoms with Crippen molar-refractivity contribution in [3.05, 3.63) is 48.0 Å². The van der Waals surface area contributed by atoms with Crippen molar-refractivity contribution in [3.63, 3.8) is 0 Å². The van der Waals surface area contributed by atoms with E-state index in [9.17, 15) is 4.79 Å². The van der Waals surface area contributed by atoms with E-state index in [1.165, 1.54) is 5.39 Å². The fraction of sp³-hybridized carbons (Fsp3) is 0.353. The Morgan fingerprint density at radius 1 is 1.25 bits per heavy atom. The first kappa shape index (κ1) is 13.1. The number of hydrogen-bond acceptors (Lipinski definition) is 3. The molecule has 0 spiro atoms. The van der Waals surface area contributed by atoms with Gasteiger partial charge < -0.3 is 4.74 Å². The Morgan fingerprint density at radius 3 is 2.70 bits per heavy atom. The number of fused-ring (bicyclic) bond motifs is 1. The molecule has 1 N–H and O–H groups in total. The third-order valence-electron chi connectivity index (χ3n) is 3.61. The molecule has 0 aliphatic heterocycles. The van der Waals surface area contributed by atoms with Crippen molar-refractivity contribution in [1.29, 1.82) is 0 Å². The second kappa shape index (κ2) is 5.63. The van der Waals surface area contributed by atoms with Crippen LogP contribution in [0.15, 0.2) is 42.5 Å². The smallest absolute Gasteiger partial charge is 0.327 e. The number of nitrogens with one attached hydrogen (secondary N) is 1. The first-order valence-corrected chi connectivity index (χ1v) is 7.19. The van der Waals surface area contributed by atoms with Crippen LogP contribution in [0.4, 0.5) is 0 Å². The fourth-order valence-corrected chi connectivity index (χ4v) is 2.40. The first-order chi connectivity index (χ1) is 9.78. The molecule has 1 aliphatic carbocycles. The van der Waals surface area contributed by atoms with E-state index in [0.29, 0.717) is 12.6 Å². The Labute approximate surface area is 118 Å². The predicted molar refractivity (Wildman–Crippen MR) is 79.5 cm³/mol. The van der Waals surface area contributed by atoms with Crippen LogP contribution in [0.3, 0.4) is 0 Å². The molecular weight excluding hydrogens is 250 g/mol. The largest absolute Gasteiger partial charge is 0.465 e. The first-order valence-electron chi connectivity index (χ1n) is 7.19. The van der Waals surface area contributed by atoms with Gasteiger partial charge in [0.2, 0.25) is 0 Å². The molecule has 20 heavy (non-hydrogen) atoms. The normalized spacial score (nSPS) is 16.1. The maximum absolute atomic E-state index is 12.2. The second-order valence-electron chi connectivity index (χ2n) is 5.23. The minimum atomic E-state index is -0.355. The molecule has 0 amide bonds. The maximum atomic E-state index is 12.2. The van der Waals surface area contributed by atoms with Crippen LogP contribution in [0.1, 0.15) is 31.4 Å². The molecule has 3 nitrogen and oxygen atoms in total. The lowest BCUT2D eigenvalue weighted by molar-refractivity contribution is -0.145. The van der Waals surface area contributed by atoms with E-state index in [2.05, 4.69) is 29.6 Å². The molecule has 0 heterocycles. The summed E-state index contributed by atoms with van der Waals surface area (Å²) in [6.07, 6.45) is 2.28. The van der Waals surface area contributed by atoms with Crippen LogP contribution in [-0.2, 0) is 9.53 Å². The Balaban J connectivity index is 1.92. The van der Waals surface area contributed by atoms with Gasteiger partial charge in [-0.25, -0.2) is 4.79 Å². The second-order valence-corrected chi connectivity index (χ2v) is 5.23. The quantitative estimate of drug-likeness (QED) is 0.847. The summed E-state index contributed by atoms with van der Waals surface area (Å²) in [5.41, 5.74) is 0.981. The highest BCUT2D eigenvalue weighted by molar-refractivity contribution is 5.85. The number of carbonyl (C=O) groups excluding carboxylic acids is 1. The van der Waals surface area contributed by atoms with E-state index in [0.717, 1.165) is 23.8 Å². The summed E-state index contributed by atoms with van der Waals surface area (Å²) in [6, 6.07) is 14.4. The molecule has 1 fully saturated rings. The zero-order chi connectivity index (χ0) is 13.9. The van der Waals surface area contributed by atoms with E-state index in [-0.39, 0.29) is 12.0 Å². The van der Waals surface area contributed by atoms with Gasteiger partial charge in [-0.1, -0.05) is 36.4 Å². The van der Waals surface area contributed by atoms with Crippen LogP contribution < -0.4 is 5.32 Å². The molecule has 0 bridgehead atoms. The molecule has 0 radical (unpaired) electrons. The Kier molecular flexibility index (Phi) is 3.70. The molecule has 1 atom stereocenters. The van der Waals surface area contributed by atoms with Gasteiger partial charge in [0, 0.05) is 6.04 Å². The highest BCUT2D eigenvalue weighted by Crippen LogP contribution is 2.27. The lowest BCUT2D eigenvalue weighted by atomic mass is 10.0. The van der Waals surface area contributed by atoms with Gasteiger partial charge in [-0.3, -0.25) is 5.32 Å². The summed E-state index contributed by atoms with van der Waals surface area (Å²) in [5, 5.41) is 5.72. The average molecular weight is 269 g/mol. The van der Waals surface area contributed by atoms with E-state index < -0.39 is 0 Å². The molecule has 2 aromatic carbocycles. The number of esters is 1. The highest BCUT2D eigenvalue weighted by atomic mass is 16.5. The van der Waals surface area contributed by atoms with Crippen LogP contribution in [0.25, 0.3) is 10.8 Å². The number of carbonyl (C=O) groups is 1. The van der Waals surface area contributed by atoms with Crippen molar-refractivity contribution in [3.8, 4) is 0 Å². The summed E-state index contributed by atoms with van der Waals surface area (Å²) in [5.74, 6) is -0.185. The third kappa shape index (κ3) is 2.83. The number of benzene rings is 2. The maximum Gasteiger partial charge on any atom is 0.327 e. The highest BCUT2D eigenvalue weighted by Gasteiger charge is 2.30. The topological polar surface area (TPSA) is 38.3 Å². The van der Waals surface area contributed by atoms with Crippen LogP contribution in [0.5, 0.6) is 0 Å². The van der Waals surface area contributed by atoms with E-state index in [4.69, 9.17) is 4.74 Å². The van der Waals surface area contributed by atoms with Gasteiger partial charge in [-0.05, 0) is 42.2 Å². The van der Waals surface area contributed by atoms with Crippen molar-refractivity contribution >= 4 is 16.7 Å². The monoisotopic (exact) mass is 269 g/mol. The minimum absolute atomic E-state index is 0.185. The lowest BCUT2D eigenvalue weighted by Crippen LogP contribution is -2.31. The predicted octanol–water partition coefficient (Wildman–Crippen LogP) is 3.20. The van der Waals surface area contributed by atoms with Gasteiger partial charge in [0.1, 0.15) is 6.04 Å². The summed E-state index contributed by atoms with van der Waals surface area (Å²) in [6.45, 7) is 2.25. The molecule has 3 rings (SSSR count). The van der Waals surface area contributed by atoms with Crippen molar-refractivity contribution in [2.24, 2.45) is 0 Å². The number of ether oxygens (including phenoxy) is 1. The molecule has 0 saturated heterocycles. The summed E-state index contributed by atoms with van der Waals surface area (Å²) in [7, 11) is 0. The summed E-state index contributed by atoms with van der Waals surface area (Å²) >= 11 is 0. The average Bonchev–Trinajstić information content (AvgIpc) is 3.28. The van der Waals surface area contributed by atoms with Gasteiger partial charge in [-0.2, -0.15) is 0 Å². The molecule has 1 aliphatic rings. The Morgan fingerprint density at radius 2 is 2.00 bits per heavy atom. The third-order valence-corrected chi connectivity index (χ3v) is 3.61. The van der Waals surface area contributed by atoms with Crippen LogP contribution in [-0.4, -0.2) is 18.6 Å². The molecule has 1 saturated carbocycles. The van der Waals surface area contributed by atoms with Crippen molar-refractivity contribution in [2.45, 2.75) is 31.8 Å². The standard InChI is InChI=1S/C17H19NO2/c1-2-20-17(19)16(18-15-9-10-15)14-8-7-12-5-3-4-6-13(12)11-14/h3-8,11,15-16,18H,2,9-10H2,1H3. The van der Waals surface area contributed by atoms with Crippen molar-refractivity contribution in [2.75, 3.05) is 6.61 Å². The summed E-state index contributed by atoms with van der Waals surface area (Å²) in [4.78, 5) is 12.2. The van der Waals surface area contributed by atoms with Gasteiger partial charge in [0.05, 0.1) is 6.61 Å². The van der Waals surface area contributed by atoms with E-state index in [1.54, 1.807) is 0 Å². The minimum Gasteiger partial charge on any atom is -0.465 e. The van der Waals surface area contributed by atoms with Crippen LogP contribution in [0, 0.1) is 0 Å². The summed E-state index contributed by atoms with van der Waals surface area (Å²) < 4.78 is 5.20. The molecule has 1 unspecified atom stereocenters. The van der Waals surface area contributed by atoms with Crippen LogP contribution in [0.2, 0.25) is 0 Å². The van der Waals surface area contributed by atoms with Gasteiger partial charge in [0.15, 0.2) is 0 Å². The van der Waals surface area contributed by atoms with E-state index >= 15 is 0 Å². The van der Waals surface area contributed by atoms with Gasteiger partial charge >= 0.3 is 5.97 Å². The van der Waals surface area contributed by atoms with E-state index in [1.807, 2.05) is 25.1 Å². The van der Waals surface area contributed by atoms with Gasteiger partial charge in [0.25, 0.3) is 0 Å². The molecule has 2 aromatic rings. The Hall–Kier alpha value is -1.87. The molecule has 104 valence electrons. The number of rotatable bonds is 5. The van der Waals surface area contributed by atoms with Crippen molar-refractivity contribution < 1.29 is 9.53 Å². The molecule has 3 heteroatoms. The molecular formula is C17H19NO2. The fourth-order valence-electron chi connectivity index (χ4n) is 2.40. The zero-order valence-corrected chi connectivity index (χ0v) is 11.6. The number of hydrogen-bond donors (Lipinski definition) is 1. The Bertz CT molecular complexity index is 619. The van der Waals surface area contributed by atoms with Crippen LogP contribution >= 0.6 is 0 Å². The van der Waals surface area contributed by atoms with Gasteiger partial charge in [-0.15, -0.1) is 0 Å². The van der Waals surface area contributed by atoms with Crippen molar-refractivity contribution in [1.82, 2.24) is 5.32 Å².